The standard InChI is InChI=1S/C18H19FN4O2/c19-13-2-1-3-16(10-13)25-17-5-4-14(11-20-17)21-18(24)23-9-8-22-7-6-15(23)12-22/h1-5,10-11,15H,6-9,12H2,(H,21,24). The normalized spacial score (nSPS) is 21.9. The van der Waals surface area contributed by atoms with E-state index in [1.54, 1.807) is 24.3 Å². The minimum absolute atomic E-state index is 0.0906. The predicted octanol–water partition coefficient (Wildman–Crippen LogP) is 2.93. The van der Waals surface area contributed by atoms with Crippen molar-refractivity contribution in [3.05, 3.63) is 48.4 Å². The van der Waals surface area contributed by atoms with Gasteiger partial charge in [-0.15, -0.1) is 0 Å². The van der Waals surface area contributed by atoms with Crippen molar-refractivity contribution in [1.29, 1.82) is 0 Å². The second-order valence-electron chi connectivity index (χ2n) is 6.31. The number of aromatic nitrogens is 1. The number of carbonyl (C=O) groups excluding carboxylic acids is 1. The maximum absolute atomic E-state index is 13.2. The number of nitrogens with one attached hydrogen (secondary N) is 1. The molecule has 2 aliphatic rings. The first-order valence-corrected chi connectivity index (χ1v) is 8.37. The van der Waals surface area contributed by atoms with Crippen molar-refractivity contribution in [2.75, 3.05) is 31.5 Å². The lowest BCUT2D eigenvalue weighted by atomic mass is 10.2. The van der Waals surface area contributed by atoms with E-state index in [1.165, 1.54) is 18.3 Å². The van der Waals surface area contributed by atoms with E-state index in [0.29, 0.717) is 23.4 Å². The van der Waals surface area contributed by atoms with Crippen LogP contribution in [0.1, 0.15) is 6.42 Å². The number of hydrogen-bond acceptors (Lipinski definition) is 4. The average Bonchev–Trinajstić information content (AvgIpc) is 2.97. The first-order chi connectivity index (χ1) is 12.2. The fourth-order valence-electron chi connectivity index (χ4n) is 3.33. The molecule has 130 valence electrons. The second kappa shape index (κ2) is 6.68. The van der Waals surface area contributed by atoms with Crippen LogP contribution in [0, 0.1) is 5.82 Å². The summed E-state index contributed by atoms with van der Waals surface area (Å²) in [5, 5.41) is 2.89. The Morgan fingerprint density at radius 1 is 1.24 bits per heavy atom. The minimum atomic E-state index is -0.367. The van der Waals surface area contributed by atoms with Crippen molar-refractivity contribution in [2.24, 2.45) is 0 Å². The predicted molar refractivity (Wildman–Crippen MR) is 91.3 cm³/mol. The maximum Gasteiger partial charge on any atom is 0.322 e. The Morgan fingerprint density at radius 3 is 2.96 bits per heavy atom. The Bertz CT molecular complexity index is 768. The van der Waals surface area contributed by atoms with Crippen molar-refractivity contribution in [1.82, 2.24) is 14.8 Å². The highest BCUT2D eigenvalue weighted by molar-refractivity contribution is 5.89. The zero-order valence-electron chi connectivity index (χ0n) is 13.7. The Labute approximate surface area is 145 Å². The quantitative estimate of drug-likeness (QED) is 0.932. The molecular weight excluding hydrogens is 323 g/mol. The van der Waals surface area contributed by atoms with E-state index in [-0.39, 0.29) is 11.8 Å². The molecule has 25 heavy (non-hydrogen) atoms. The first-order valence-electron chi connectivity index (χ1n) is 8.37. The van der Waals surface area contributed by atoms with Crippen LogP contribution in [-0.2, 0) is 0 Å². The molecule has 0 radical (unpaired) electrons. The number of anilines is 1. The monoisotopic (exact) mass is 342 g/mol. The molecule has 0 aliphatic carbocycles. The van der Waals surface area contributed by atoms with Gasteiger partial charge in [-0.25, -0.2) is 14.2 Å². The number of rotatable bonds is 3. The van der Waals surface area contributed by atoms with Crippen molar-refractivity contribution in [3.63, 3.8) is 0 Å². The molecule has 2 saturated heterocycles. The van der Waals surface area contributed by atoms with E-state index in [2.05, 4.69) is 15.2 Å². The maximum atomic E-state index is 13.2. The van der Waals surface area contributed by atoms with Crippen molar-refractivity contribution in [3.8, 4) is 11.6 Å². The Balaban J connectivity index is 1.38. The number of pyridine rings is 1. The highest BCUT2D eigenvalue weighted by atomic mass is 19.1. The van der Waals surface area contributed by atoms with E-state index in [9.17, 15) is 9.18 Å². The number of hydrogen-bond donors (Lipinski definition) is 1. The Morgan fingerprint density at radius 2 is 2.16 bits per heavy atom. The molecule has 2 unspecified atom stereocenters. The molecule has 7 heteroatoms. The molecule has 2 aliphatic heterocycles. The highest BCUT2D eigenvalue weighted by Gasteiger charge is 2.35. The second-order valence-corrected chi connectivity index (χ2v) is 6.31. The van der Waals surface area contributed by atoms with Crippen LogP contribution >= 0.6 is 0 Å². The van der Waals surface area contributed by atoms with Crippen molar-refractivity contribution >= 4 is 11.7 Å². The molecule has 2 amide bonds. The van der Waals surface area contributed by atoms with Gasteiger partial charge in [0.15, 0.2) is 0 Å². The molecule has 2 aromatic rings. The number of nitrogens with zero attached hydrogens (tertiary/aromatic N) is 3. The number of fused-ring (bicyclic) bond motifs is 2. The number of piperazine rings is 1. The Hall–Kier alpha value is -2.67. The van der Waals surface area contributed by atoms with Gasteiger partial charge in [-0.2, -0.15) is 0 Å². The largest absolute Gasteiger partial charge is 0.439 e. The lowest BCUT2D eigenvalue weighted by Crippen LogP contribution is -2.51. The van der Waals surface area contributed by atoms with Crippen LogP contribution in [-0.4, -0.2) is 53.0 Å². The molecule has 2 fully saturated rings. The summed E-state index contributed by atoms with van der Waals surface area (Å²) in [6.45, 7) is 3.72. The number of carbonyl (C=O) groups is 1. The minimum Gasteiger partial charge on any atom is -0.439 e. The van der Waals surface area contributed by atoms with Crippen LogP contribution in [0.4, 0.5) is 14.9 Å². The molecule has 4 rings (SSSR count). The van der Waals surface area contributed by atoms with Gasteiger partial charge in [0.25, 0.3) is 0 Å². The van der Waals surface area contributed by atoms with E-state index in [1.807, 2.05) is 4.90 Å². The summed E-state index contributed by atoms with van der Waals surface area (Å²) in [6, 6.07) is 9.45. The molecule has 3 heterocycles. The fourth-order valence-corrected chi connectivity index (χ4v) is 3.33. The van der Waals surface area contributed by atoms with Crippen LogP contribution < -0.4 is 10.1 Å². The van der Waals surface area contributed by atoms with Gasteiger partial charge < -0.3 is 15.0 Å². The van der Waals surface area contributed by atoms with Crippen molar-refractivity contribution < 1.29 is 13.9 Å². The Kier molecular flexibility index (Phi) is 4.23. The number of amides is 2. The zero-order chi connectivity index (χ0) is 17.2. The zero-order valence-corrected chi connectivity index (χ0v) is 13.7. The molecule has 0 spiro atoms. The fraction of sp³-hybridized carbons (Fsp3) is 0.333. The summed E-state index contributed by atoms with van der Waals surface area (Å²) < 4.78 is 18.7. The third-order valence-electron chi connectivity index (χ3n) is 4.61. The van der Waals surface area contributed by atoms with Crippen LogP contribution in [0.25, 0.3) is 0 Å². The van der Waals surface area contributed by atoms with Crippen LogP contribution in [0.5, 0.6) is 11.6 Å². The van der Waals surface area contributed by atoms with E-state index < -0.39 is 0 Å². The van der Waals surface area contributed by atoms with Gasteiger partial charge in [-0.3, -0.25) is 4.90 Å². The van der Waals surface area contributed by atoms with Crippen LogP contribution in [0.3, 0.4) is 0 Å². The van der Waals surface area contributed by atoms with Gasteiger partial charge in [0.2, 0.25) is 5.88 Å². The van der Waals surface area contributed by atoms with Gasteiger partial charge >= 0.3 is 6.03 Å². The number of benzene rings is 1. The topological polar surface area (TPSA) is 57.7 Å². The highest BCUT2D eigenvalue weighted by Crippen LogP contribution is 2.23. The third kappa shape index (κ3) is 3.56. The van der Waals surface area contributed by atoms with Crippen LogP contribution in [0.2, 0.25) is 0 Å². The van der Waals surface area contributed by atoms with Gasteiger partial charge in [-0.05, 0) is 24.6 Å². The van der Waals surface area contributed by atoms with Gasteiger partial charge in [0.1, 0.15) is 11.6 Å². The summed E-state index contributed by atoms with van der Waals surface area (Å²) in [4.78, 5) is 20.9. The summed E-state index contributed by atoms with van der Waals surface area (Å²) in [5.41, 5.74) is 0.608. The molecule has 0 saturated carbocycles. The van der Waals surface area contributed by atoms with Crippen molar-refractivity contribution in [2.45, 2.75) is 12.5 Å². The van der Waals surface area contributed by atoms with E-state index >= 15 is 0 Å². The van der Waals surface area contributed by atoms with Gasteiger partial charge in [0.05, 0.1) is 11.9 Å². The molecule has 2 bridgehead atoms. The van der Waals surface area contributed by atoms with Gasteiger partial charge in [-0.1, -0.05) is 6.07 Å². The lowest BCUT2D eigenvalue weighted by molar-refractivity contribution is 0.153. The summed E-state index contributed by atoms with van der Waals surface area (Å²) in [7, 11) is 0. The molecule has 2 atom stereocenters. The van der Waals surface area contributed by atoms with E-state index in [0.717, 1.165) is 32.6 Å². The first kappa shape index (κ1) is 15.8. The number of halogens is 1. The van der Waals surface area contributed by atoms with Crippen LogP contribution in [0.15, 0.2) is 42.6 Å². The molecule has 1 aromatic carbocycles. The molecule has 6 nitrogen and oxygen atoms in total. The molecule has 1 aromatic heterocycles. The number of ether oxygens (including phenoxy) is 1. The smallest absolute Gasteiger partial charge is 0.322 e. The third-order valence-corrected chi connectivity index (χ3v) is 4.61. The average molecular weight is 342 g/mol. The van der Waals surface area contributed by atoms with Gasteiger partial charge in [0, 0.05) is 44.4 Å². The summed E-state index contributed by atoms with van der Waals surface area (Å²) in [5.74, 6) is 0.352. The molecule has 1 N–H and O–H groups in total. The number of urea groups is 1. The SMILES string of the molecule is O=C(Nc1ccc(Oc2cccc(F)c2)nc1)N1CCN2CCC1C2. The molecular formula is C18H19FN4O2. The summed E-state index contributed by atoms with van der Waals surface area (Å²) in [6.07, 6.45) is 2.57. The van der Waals surface area contributed by atoms with E-state index in [4.69, 9.17) is 4.74 Å². The lowest BCUT2D eigenvalue weighted by Gasteiger charge is -2.34. The summed E-state index contributed by atoms with van der Waals surface area (Å²) >= 11 is 0.